The van der Waals surface area contributed by atoms with E-state index < -0.39 is 0 Å². The second-order valence-electron chi connectivity index (χ2n) is 0. The molecule has 0 aromatic carbocycles. The summed E-state index contributed by atoms with van der Waals surface area (Å²) in [5.41, 5.74) is 0. The van der Waals surface area contributed by atoms with Crippen LogP contribution in [0.25, 0.3) is 0 Å². The first-order chi connectivity index (χ1) is 0. The van der Waals surface area contributed by atoms with Gasteiger partial charge in [0.15, 0.2) is 0 Å². The fraction of sp³-hybridized carbons (Fsp3) is 0. The van der Waals surface area contributed by atoms with Gasteiger partial charge in [-0.05, 0) is 0 Å². The summed E-state index contributed by atoms with van der Waals surface area (Å²) in [5.74, 6) is 0. The van der Waals surface area contributed by atoms with Crippen LogP contribution in [0.2, 0.25) is 0 Å². The molecule has 13 valence electrons. The molecule has 3 radical (unpaired) electrons. The molecule has 0 aliphatic rings. The van der Waals surface area contributed by atoms with Crippen LogP contribution < -0.4 is 0 Å². The second-order valence-corrected chi connectivity index (χ2v) is 0. The third-order valence-electron chi connectivity index (χ3n) is 0. The molecule has 0 spiro atoms. The van der Waals surface area contributed by atoms with Crippen molar-refractivity contribution in [1.82, 2.24) is 0 Å². The second kappa shape index (κ2) is 15.7. The van der Waals surface area contributed by atoms with E-state index in [1.165, 1.54) is 0 Å². The van der Waals surface area contributed by atoms with E-state index in [-0.39, 0.29) is 152 Å². The zero-order valence-corrected chi connectivity index (χ0v) is 15.9. The third-order valence-corrected chi connectivity index (χ3v) is 0. The van der Waals surface area contributed by atoms with Gasteiger partial charge in [-0.15, -0.1) is 0 Å². The van der Waals surface area contributed by atoms with Crippen LogP contribution in [0, 0.1) is 77.3 Å². The summed E-state index contributed by atoms with van der Waals surface area (Å²) in [6.07, 6.45) is 0. The van der Waals surface area contributed by atoms with Crippen LogP contribution in [0.15, 0.2) is 0 Å². The Labute approximate surface area is 147 Å². The van der Waals surface area contributed by atoms with E-state index in [9.17, 15) is 0 Å². The molecule has 0 amide bonds. The van der Waals surface area contributed by atoms with Crippen LogP contribution in [0.3, 0.4) is 0 Å². The molecular weight excluding hydrogens is 508 g/mol. The summed E-state index contributed by atoms with van der Waals surface area (Å²) < 4.78 is 0. The van der Waals surface area contributed by atoms with Gasteiger partial charge in [0.2, 0.25) is 0 Å². The van der Waals surface area contributed by atoms with Crippen LogP contribution in [-0.4, -0.2) is 48.9 Å². The minimum Gasteiger partial charge on any atom is 0 e. The zero-order chi connectivity index (χ0) is 0. The molecule has 0 fully saturated rings. The van der Waals surface area contributed by atoms with Gasteiger partial charge in [-0.1, -0.05) is 0 Å². The Hall–Kier alpha value is 5.03. The van der Waals surface area contributed by atoms with Gasteiger partial charge in [-0.25, -0.2) is 0 Å². The van der Waals surface area contributed by atoms with Crippen molar-refractivity contribution in [3.63, 3.8) is 0 Å². The topological polar surface area (TPSA) is 0 Å². The third kappa shape index (κ3) is 10.1. The zero-order valence-electron chi connectivity index (χ0n) is 2.28. The molecule has 4 heteroatoms. The molecule has 0 N–H and O–H groups in total. The van der Waals surface area contributed by atoms with Gasteiger partial charge in [-0.2, -0.15) is 0 Å². The van der Waals surface area contributed by atoms with Crippen molar-refractivity contribution in [3.05, 3.63) is 0 Å². The van der Waals surface area contributed by atoms with E-state index in [2.05, 4.69) is 0 Å². The summed E-state index contributed by atoms with van der Waals surface area (Å²) in [4.78, 5) is 0. The van der Waals surface area contributed by atoms with Gasteiger partial charge < -0.3 is 0 Å². The molecule has 0 bridgehead atoms. The summed E-state index contributed by atoms with van der Waals surface area (Å²) in [5, 5.41) is 0. The normalized spacial score (nSPS) is 0. The first-order valence-electron chi connectivity index (χ1n) is 0. The fourth-order valence-electron chi connectivity index (χ4n) is 0. The average Bonchev–Trinajstić information content (AvgIpc) is 0. The molecule has 0 unspecified atom stereocenters. The maximum atomic E-state index is 0. The molecule has 0 heterocycles. The Morgan fingerprint density at radius 3 is 1.00 bits per heavy atom. The van der Waals surface area contributed by atoms with Crippen molar-refractivity contribution < 1.29 is 104 Å². The quantitative estimate of drug-likeness (QED) is 0.393. The van der Waals surface area contributed by atoms with Crippen LogP contribution in [0.1, 0.15) is 0 Å². The summed E-state index contributed by atoms with van der Waals surface area (Å²) in [7, 11) is 0. The largest absolute Gasteiger partial charge is 0 e. The molecule has 0 aromatic heterocycles. The Bertz CT molecular complexity index is 8.00. The maximum absolute atomic E-state index is 0. The van der Waals surface area contributed by atoms with Crippen LogP contribution >= 0.6 is 0 Å². The Balaban J connectivity index is 0. The van der Waals surface area contributed by atoms with E-state index in [0.29, 0.717) is 0 Å². The molecule has 0 aliphatic heterocycles. The molecule has 0 atom stereocenters. The summed E-state index contributed by atoms with van der Waals surface area (Å²) in [6, 6.07) is 0. The van der Waals surface area contributed by atoms with Gasteiger partial charge in [0.1, 0.15) is 0 Å². The summed E-state index contributed by atoms with van der Waals surface area (Å²) in [6.45, 7) is 0. The summed E-state index contributed by atoms with van der Waals surface area (Å²) >= 11 is 0. The first-order valence-corrected chi connectivity index (χ1v) is 0. The smallest absolute Gasteiger partial charge is 0 e. The predicted octanol–water partition coefficient (Wildman–Crippen LogP) is -0.383. The van der Waals surface area contributed by atoms with Gasteiger partial charge in [0, 0.05) is 152 Å². The molecule has 0 saturated carbocycles. The van der Waals surface area contributed by atoms with Gasteiger partial charge in [0.05, 0.1) is 0 Å². The standard InChI is InChI=1S/Ba.Ce.La.Zr. The monoisotopic (exact) mass is 507 g/mol. The fourth-order valence-corrected chi connectivity index (χ4v) is 0. The SMILES string of the molecule is [Ba].[Ce].[La].[Zr]. The van der Waals surface area contributed by atoms with Gasteiger partial charge in [0.25, 0.3) is 0 Å². The number of hydrogen-bond acceptors (Lipinski definition) is 0. The van der Waals surface area contributed by atoms with E-state index in [1.807, 2.05) is 0 Å². The van der Waals surface area contributed by atoms with Crippen molar-refractivity contribution >= 4 is 48.9 Å². The van der Waals surface area contributed by atoms with Crippen LogP contribution in [-0.2, 0) is 26.2 Å². The van der Waals surface area contributed by atoms with E-state index in [0.717, 1.165) is 0 Å². The first kappa shape index (κ1) is 23.0. The molecule has 0 saturated heterocycles. The molecule has 4 heavy (non-hydrogen) atoms. The van der Waals surface area contributed by atoms with Crippen molar-refractivity contribution in [2.45, 2.75) is 0 Å². The van der Waals surface area contributed by atoms with Crippen molar-refractivity contribution in [2.24, 2.45) is 0 Å². The van der Waals surface area contributed by atoms with E-state index in [4.69, 9.17) is 0 Å². The number of hydrogen-bond donors (Lipinski definition) is 0. The maximum Gasteiger partial charge on any atom is 0 e. The molecular formula is BaCeLaZr. The molecule has 0 aliphatic carbocycles. The van der Waals surface area contributed by atoms with Crippen molar-refractivity contribution in [2.75, 3.05) is 0 Å². The van der Waals surface area contributed by atoms with Crippen LogP contribution in [0.5, 0.6) is 0 Å². The van der Waals surface area contributed by atoms with Crippen molar-refractivity contribution in [1.29, 1.82) is 0 Å². The van der Waals surface area contributed by atoms with Crippen LogP contribution in [0.4, 0.5) is 0 Å². The average molecular weight is 508 g/mol. The van der Waals surface area contributed by atoms with E-state index in [1.54, 1.807) is 0 Å². The van der Waals surface area contributed by atoms with E-state index >= 15 is 0 Å². The molecule has 0 rings (SSSR count). The van der Waals surface area contributed by atoms with Gasteiger partial charge in [-0.3, -0.25) is 0 Å². The Kier molecular flexibility index (Phi) is 90.3. The molecule has 0 nitrogen and oxygen atoms in total. The van der Waals surface area contributed by atoms with Crippen molar-refractivity contribution in [3.8, 4) is 0 Å². The Morgan fingerprint density at radius 2 is 1.00 bits per heavy atom. The number of rotatable bonds is 0. The predicted molar refractivity (Wildman–Crippen MR) is 5.75 cm³/mol. The molecule has 0 aromatic rings. The minimum atomic E-state index is 0. The minimum absolute atomic E-state index is 0. The van der Waals surface area contributed by atoms with Gasteiger partial charge >= 0.3 is 0 Å². The Morgan fingerprint density at radius 1 is 1.00 bits per heavy atom.